The number of carboxylic acid groups (broad SMARTS) is 1. The molecule has 1 aliphatic heterocycles. The van der Waals surface area contributed by atoms with E-state index < -0.39 is 17.3 Å². The zero-order valence-electron chi connectivity index (χ0n) is 16.4. The maximum absolute atomic E-state index is 13.1. The number of aromatic nitrogens is 2. The van der Waals surface area contributed by atoms with E-state index in [4.69, 9.17) is 0 Å². The van der Waals surface area contributed by atoms with Crippen LogP contribution in [0, 0.1) is 11.3 Å². The van der Waals surface area contributed by atoms with Gasteiger partial charge in [-0.05, 0) is 12.5 Å². The van der Waals surface area contributed by atoms with Gasteiger partial charge in [0.25, 0.3) is 0 Å². The predicted octanol–water partition coefficient (Wildman–Crippen LogP) is 3.32. The number of carbonyl (C=O) groups excluding carboxylic acids is 1. The van der Waals surface area contributed by atoms with E-state index in [2.05, 4.69) is 14.5 Å². The van der Waals surface area contributed by atoms with E-state index >= 15 is 0 Å². The lowest BCUT2D eigenvalue weighted by molar-refractivity contribution is -0.145. The minimum absolute atomic E-state index is 0.0409. The second kappa shape index (κ2) is 7.27. The van der Waals surface area contributed by atoms with Crippen molar-refractivity contribution in [2.24, 2.45) is 11.3 Å². The summed E-state index contributed by atoms with van der Waals surface area (Å²) in [7, 11) is 2.02. The molecule has 1 aromatic carbocycles. The van der Waals surface area contributed by atoms with Gasteiger partial charge in [-0.1, -0.05) is 51.1 Å². The Bertz CT molecular complexity index is 850. The first-order valence-electron chi connectivity index (χ1n) is 9.28. The summed E-state index contributed by atoms with van der Waals surface area (Å²) in [5.74, 6) is -1.10. The molecule has 0 aliphatic carbocycles. The molecule has 0 saturated heterocycles. The van der Waals surface area contributed by atoms with Crippen molar-refractivity contribution in [3.8, 4) is 11.4 Å². The third kappa shape index (κ3) is 3.95. The summed E-state index contributed by atoms with van der Waals surface area (Å²) < 4.78 is 2.11. The molecule has 0 radical (unpaired) electrons. The molecule has 0 spiro atoms. The SMILES string of the molecule is CN1CCn2c(-c3ccccc3)nc(C(=O)C[C@H](C(=O)O)C(C)(C)C)c2C1. The first kappa shape index (κ1) is 19.3. The Morgan fingerprint density at radius 3 is 2.44 bits per heavy atom. The summed E-state index contributed by atoms with van der Waals surface area (Å²) in [6.45, 7) is 7.84. The number of Topliss-reactive ketones (excluding diaryl/α,β-unsaturated/α-hetero) is 1. The van der Waals surface area contributed by atoms with Gasteiger partial charge in [0.05, 0.1) is 11.6 Å². The lowest BCUT2D eigenvalue weighted by Crippen LogP contribution is -2.33. The van der Waals surface area contributed by atoms with Gasteiger partial charge >= 0.3 is 5.97 Å². The molecule has 0 unspecified atom stereocenters. The fourth-order valence-electron chi connectivity index (χ4n) is 3.57. The molecule has 6 nitrogen and oxygen atoms in total. The molecule has 1 atom stereocenters. The van der Waals surface area contributed by atoms with Crippen LogP contribution >= 0.6 is 0 Å². The highest BCUT2D eigenvalue weighted by Crippen LogP contribution is 2.32. The van der Waals surface area contributed by atoms with Crippen LogP contribution in [0.2, 0.25) is 0 Å². The highest BCUT2D eigenvalue weighted by atomic mass is 16.4. The van der Waals surface area contributed by atoms with Crippen LogP contribution in [0.5, 0.6) is 0 Å². The molecule has 1 N–H and O–H groups in total. The van der Waals surface area contributed by atoms with Crippen LogP contribution in [-0.2, 0) is 17.9 Å². The van der Waals surface area contributed by atoms with Crippen LogP contribution in [-0.4, -0.2) is 44.9 Å². The summed E-state index contributed by atoms with van der Waals surface area (Å²) in [5.41, 5.74) is 1.76. The quantitative estimate of drug-likeness (QED) is 0.819. The Morgan fingerprint density at radius 2 is 1.85 bits per heavy atom. The fraction of sp³-hybridized carbons (Fsp3) is 0.476. The van der Waals surface area contributed by atoms with Gasteiger partial charge in [0, 0.05) is 31.6 Å². The lowest BCUT2D eigenvalue weighted by atomic mass is 9.77. The summed E-state index contributed by atoms with van der Waals surface area (Å²) in [4.78, 5) is 31.6. The van der Waals surface area contributed by atoms with Gasteiger partial charge in [-0.2, -0.15) is 0 Å². The van der Waals surface area contributed by atoms with Crippen LogP contribution < -0.4 is 0 Å². The second-order valence-electron chi connectivity index (χ2n) is 8.37. The van der Waals surface area contributed by atoms with E-state index in [0.29, 0.717) is 12.2 Å². The van der Waals surface area contributed by atoms with Gasteiger partial charge in [-0.15, -0.1) is 0 Å². The number of rotatable bonds is 5. The number of ketones is 1. The van der Waals surface area contributed by atoms with Crippen LogP contribution in [0.15, 0.2) is 30.3 Å². The van der Waals surface area contributed by atoms with Crippen LogP contribution in [0.1, 0.15) is 43.4 Å². The van der Waals surface area contributed by atoms with Gasteiger partial charge in [0.15, 0.2) is 5.78 Å². The van der Waals surface area contributed by atoms with Gasteiger partial charge in [0.2, 0.25) is 0 Å². The van der Waals surface area contributed by atoms with Crippen molar-refractivity contribution in [1.29, 1.82) is 0 Å². The number of hydrogen-bond donors (Lipinski definition) is 1. The minimum Gasteiger partial charge on any atom is -0.481 e. The Morgan fingerprint density at radius 1 is 1.19 bits per heavy atom. The molecule has 0 saturated carbocycles. The van der Waals surface area contributed by atoms with Crippen molar-refractivity contribution >= 4 is 11.8 Å². The van der Waals surface area contributed by atoms with E-state index in [0.717, 1.165) is 30.2 Å². The van der Waals surface area contributed by atoms with Gasteiger partial charge < -0.3 is 9.67 Å². The number of likely N-dealkylation sites (N-methyl/N-ethyl adjacent to an activating group) is 1. The normalized spacial score (nSPS) is 16.0. The maximum Gasteiger partial charge on any atom is 0.307 e. The summed E-state index contributed by atoms with van der Waals surface area (Å²) in [6.07, 6.45) is -0.0409. The summed E-state index contributed by atoms with van der Waals surface area (Å²) in [6, 6.07) is 9.82. The van der Waals surface area contributed by atoms with E-state index in [-0.39, 0.29) is 12.2 Å². The second-order valence-corrected chi connectivity index (χ2v) is 8.37. The smallest absolute Gasteiger partial charge is 0.307 e. The molecular formula is C21H27N3O3. The van der Waals surface area contributed by atoms with Gasteiger partial charge in [-0.3, -0.25) is 14.5 Å². The molecule has 3 rings (SSSR count). The van der Waals surface area contributed by atoms with Crippen LogP contribution in [0.4, 0.5) is 0 Å². The predicted molar refractivity (Wildman–Crippen MR) is 104 cm³/mol. The van der Waals surface area contributed by atoms with Crippen molar-refractivity contribution in [2.45, 2.75) is 40.3 Å². The van der Waals surface area contributed by atoms with E-state index in [1.54, 1.807) is 0 Å². The first-order valence-corrected chi connectivity index (χ1v) is 9.28. The molecule has 1 aliphatic rings. The molecule has 27 heavy (non-hydrogen) atoms. The Kier molecular flexibility index (Phi) is 5.20. The van der Waals surface area contributed by atoms with Crippen molar-refractivity contribution in [3.05, 3.63) is 41.7 Å². The van der Waals surface area contributed by atoms with Gasteiger partial charge in [-0.25, -0.2) is 4.98 Å². The number of carboxylic acids is 1. The molecule has 0 amide bonds. The summed E-state index contributed by atoms with van der Waals surface area (Å²) >= 11 is 0. The Balaban J connectivity index is 2.01. The van der Waals surface area contributed by atoms with E-state index in [1.807, 2.05) is 58.2 Å². The number of hydrogen-bond acceptors (Lipinski definition) is 4. The Hall–Kier alpha value is -2.47. The number of aliphatic carboxylic acids is 1. The van der Waals surface area contributed by atoms with Crippen LogP contribution in [0.3, 0.4) is 0 Å². The number of imidazole rings is 1. The largest absolute Gasteiger partial charge is 0.481 e. The molecule has 6 heteroatoms. The molecule has 1 aromatic heterocycles. The third-order valence-corrected chi connectivity index (χ3v) is 5.23. The third-order valence-electron chi connectivity index (χ3n) is 5.23. The molecular weight excluding hydrogens is 342 g/mol. The Labute approximate surface area is 159 Å². The average molecular weight is 369 g/mol. The number of carbonyl (C=O) groups is 2. The van der Waals surface area contributed by atoms with Gasteiger partial charge in [0.1, 0.15) is 11.5 Å². The topological polar surface area (TPSA) is 75.4 Å². The number of benzene rings is 1. The maximum atomic E-state index is 13.1. The van der Waals surface area contributed by atoms with E-state index in [9.17, 15) is 14.7 Å². The zero-order valence-corrected chi connectivity index (χ0v) is 16.4. The average Bonchev–Trinajstić information content (AvgIpc) is 2.97. The van der Waals surface area contributed by atoms with Crippen molar-refractivity contribution < 1.29 is 14.7 Å². The standard InChI is InChI=1S/C21H27N3O3/c1-21(2,3)15(20(26)27)12-17(25)18-16-13-23(4)10-11-24(16)19(22-18)14-8-6-5-7-9-14/h5-9,15H,10-13H2,1-4H3,(H,26,27)/t15-/m1/s1. The lowest BCUT2D eigenvalue weighted by Gasteiger charge is -2.27. The van der Waals surface area contributed by atoms with Crippen molar-refractivity contribution in [2.75, 3.05) is 13.6 Å². The number of nitrogens with zero attached hydrogens (tertiary/aromatic N) is 3. The molecule has 144 valence electrons. The first-order chi connectivity index (χ1) is 12.7. The zero-order chi connectivity index (χ0) is 19.8. The van der Waals surface area contributed by atoms with Crippen molar-refractivity contribution in [3.63, 3.8) is 0 Å². The molecule has 0 fully saturated rings. The van der Waals surface area contributed by atoms with Crippen molar-refractivity contribution in [1.82, 2.24) is 14.5 Å². The fourth-order valence-corrected chi connectivity index (χ4v) is 3.57. The van der Waals surface area contributed by atoms with E-state index in [1.165, 1.54) is 0 Å². The summed E-state index contributed by atoms with van der Waals surface area (Å²) in [5, 5.41) is 9.58. The molecule has 0 bridgehead atoms. The number of fused-ring (bicyclic) bond motifs is 1. The molecule has 2 heterocycles. The minimum atomic E-state index is -0.940. The molecule has 2 aromatic rings. The highest BCUT2D eigenvalue weighted by molar-refractivity contribution is 5.98. The monoisotopic (exact) mass is 369 g/mol. The van der Waals surface area contributed by atoms with Crippen LogP contribution in [0.25, 0.3) is 11.4 Å². The highest BCUT2D eigenvalue weighted by Gasteiger charge is 2.35.